The summed E-state index contributed by atoms with van der Waals surface area (Å²) < 4.78 is 36.4. The summed E-state index contributed by atoms with van der Waals surface area (Å²) in [4.78, 5) is 24.2. The van der Waals surface area contributed by atoms with Crippen LogP contribution in [0.15, 0.2) is 84.9 Å². The van der Waals surface area contributed by atoms with Crippen LogP contribution in [0.2, 0.25) is 0 Å². The molecule has 8 rings (SSSR count). The van der Waals surface area contributed by atoms with Crippen LogP contribution < -0.4 is 14.4 Å². The summed E-state index contributed by atoms with van der Waals surface area (Å²) in [5.74, 6) is 1.13. The van der Waals surface area contributed by atoms with E-state index in [9.17, 15) is 4.79 Å². The third-order valence-electron chi connectivity index (χ3n) is 12.9. The van der Waals surface area contributed by atoms with Crippen molar-refractivity contribution in [1.29, 1.82) is 0 Å². The molecule has 3 aliphatic rings. The van der Waals surface area contributed by atoms with Gasteiger partial charge in [0.2, 0.25) is 11.8 Å². The lowest BCUT2D eigenvalue weighted by atomic mass is 9.70. The van der Waals surface area contributed by atoms with Crippen molar-refractivity contribution < 1.29 is 23.4 Å². The Hall–Kier alpha value is -5.16. The Morgan fingerprint density at radius 1 is 0.814 bits per heavy atom. The minimum Gasteiger partial charge on any atom is -0.473 e. The zero-order chi connectivity index (χ0) is 41.1. The van der Waals surface area contributed by atoms with Gasteiger partial charge < -0.3 is 28.9 Å². The van der Waals surface area contributed by atoms with Gasteiger partial charge in [0.05, 0.1) is 11.3 Å². The van der Waals surface area contributed by atoms with Crippen molar-refractivity contribution in [3.05, 3.63) is 102 Å². The second-order valence-electron chi connectivity index (χ2n) is 17.9. The van der Waals surface area contributed by atoms with Gasteiger partial charge in [-0.1, -0.05) is 60.7 Å². The van der Waals surface area contributed by atoms with E-state index in [2.05, 4.69) is 16.7 Å². The predicted octanol–water partition coefficient (Wildman–Crippen LogP) is 9.65. The molecule has 2 aromatic heterocycles. The molecule has 0 bridgehead atoms. The number of carbonyl (C=O) groups excluding carboxylic acids is 1. The van der Waals surface area contributed by atoms with E-state index < -0.39 is 5.60 Å². The molecule has 3 aromatic carbocycles. The van der Waals surface area contributed by atoms with Crippen LogP contribution in [0, 0.1) is 17.2 Å². The topological polar surface area (TPSA) is 85.2 Å². The summed E-state index contributed by atoms with van der Waals surface area (Å²) in [5.41, 5.74) is 4.28. The van der Waals surface area contributed by atoms with Gasteiger partial charge in [0.15, 0.2) is 5.82 Å². The van der Waals surface area contributed by atoms with Gasteiger partial charge in [-0.3, -0.25) is 4.68 Å². The smallest absolute Gasteiger partial charge is 0.410 e. The normalized spacial score (nSPS) is 18.3. The highest BCUT2D eigenvalue weighted by Crippen LogP contribution is 2.43. The van der Waals surface area contributed by atoms with Crippen LogP contribution in [0.4, 0.5) is 14.9 Å². The molecule has 3 aliphatic heterocycles. The summed E-state index contributed by atoms with van der Waals surface area (Å²) in [6.45, 7) is 14.2. The summed E-state index contributed by atoms with van der Waals surface area (Å²) in [5, 5.41) is 5.57. The molecule has 10 nitrogen and oxygen atoms in total. The van der Waals surface area contributed by atoms with E-state index in [1.807, 2.05) is 111 Å². The first-order chi connectivity index (χ1) is 28.5. The number of carbonyl (C=O) groups is 1. The van der Waals surface area contributed by atoms with Crippen LogP contribution in [-0.4, -0.2) is 81.6 Å². The Labute approximate surface area is 348 Å². The number of pyridine rings is 1. The number of nitrogens with zero attached hydrogens (tertiary/aromatic N) is 6. The van der Waals surface area contributed by atoms with E-state index in [1.165, 1.54) is 12.8 Å². The van der Waals surface area contributed by atoms with Crippen molar-refractivity contribution in [2.45, 2.75) is 91.1 Å². The van der Waals surface area contributed by atoms with E-state index >= 15 is 4.39 Å². The minimum absolute atomic E-state index is 0.182. The van der Waals surface area contributed by atoms with Crippen LogP contribution in [0.25, 0.3) is 22.2 Å². The lowest BCUT2D eigenvalue weighted by Crippen LogP contribution is -2.52. The maximum Gasteiger partial charge on any atom is 0.410 e. The number of aryl methyl sites for hydroxylation is 1. The summed E-state index contributed by atoms with van der Waals surface area (Å²) in [6, 6.07) is 28.0. The number of hydrogen-bond donors (Lipinski definition) is 0. The van der Waals surface area contributed by atoms with Gasteiger partial charge in [0, 0.05) is 50.7 Å². The van der Waals surface area contributed by atoms with Crippen LogP contribution >= 0.6 is 0 Å². The highest BCUT2D eigenvalue weighted by molar-refractivity contribution is 5.96. The Morgan fingerprint density at radius 3 is 2.05 bits per heavy atom. The zero-order valence-corrected chi connectivity index (χ0v) is 35.3. The Balaban J connectivity index is 0.916. The number of piperidine rings is 3. The number of hydrogen-bond acceptors (Lipinski definition) is 8. The molecule has 3 saturated heterocycles. The third kappa shape index (κ3) is 9.20. The number of aromatic nitrogens is 3. The SMILES string of the molecule is C[C@@H](C1CCN(c2ccc3c(-c4ccc(OCc5ccccc5)nc4OCc4ccccc4)nn(C)c3c2F)CC1)N1CCC2(CCN(C(=O)OC(C)(C)C)CC2)CC1. The lowest BCUT2D eigenvalue weighted by Gasteiger charge is -2.49. The van der Waals surface area contributed by atoms with Gasteiger partial charge in [-0.25, -0.2) is 9.18 Å². The standard InChI is InChI=1S/C48H59FN6O4/c1-34(53-28-22-48(23-29-53)24-30-55(31-25-48)46(56)59-47(2,3)4)37-20-26-54(27-21-37)40-18-16-38-43(51-52(5)44(38)42(40)49)39-17-19-41(57-32-35-12-8-6-9-13-35)50-45(39)58-33-36-14-10-7-11-15-36/h6-19,34,37H,20-33H2,1-5H3/t34-/m0/s1. The Bertz CT molecular complexity index is 2200. The average Bonchev–Trinajstić information content (AvgIpc) is 3.59. The van der Waals surface area contributed by atoms with E-state index in [-0.39, 0.29) is 11.9 Å². The first-order valence-electron chi connectivity index (χ1n) is 21.4. The van der Waals surface area contributed by atoms with E-state index in [0.29, 0.717) is 70.2 Å². The number of benzene rings is 3. The number of likely N-dealkylation sites (tertiary alicyclic amines) is 2. The lowest BCUT2D eigenvalue weighted by molar-refractivity contribution is -0.0104. The molecule has 1 spiro atoms. The Morgan fingerprint density at radius 2 is 1.42 bits per heavy atom. The molecule has 1 amide bonds. The fraction of sp³-hybridized carbons (Fsp3) is 0.479. The second-order valence-corrected chi connectivity index (χ2v) is 17.9. The number of rotatable bonds is 10. The van der Waals surface area contributed by atoms with Crippen molar-refractivity contribution in [3.8, 4) is 23.0 Å². The molecule has 0 unspecified atom stereocenters. The van der Waals surface area contributed by atoms with Gasteiger partial charge in [0.1, 0.15) is 30.0 Å². The van der Waals surface area contributed by atoms with Crippen molar-refractivity contribution in [3.63, 3.8) is 0 Å². The molecule has 5 aromatic rings. The van der Waals surface area contributed by atoms with Crippen LogP contribution in [0.3, 0.4) is 0 Å². The van der Waals surface area contributed by atoms with E-state index in [1.54, 1.807) is 11.7 Å². The summed E-state index contributed by atoms with van der Waals surface area (Å²) in [6.07, 6.45) is 6.33. The zero-order valence-electron chi connectivity index (χ0n) is 35.3. The number of ether oxygens (including phenoxy) is 3. The summed E-state index contributed by atoms with van der Waals surface area (Å²) in [7, 11) is 1.80. The van der Waals surface area contributed by atoms with Crippen LogP contribution in [-0.2, 0) is 25.0 Å². The highest BCUT2D eigenvalue weighted by Gasteiger charge is 2.41. The molecule has 0 N–H and O–H groups in total. The molecule has 0 saturated carbocycles. The number of amides is 1. The van der Waals surface area contributed by atoms with E-state index in [0.717, 1.165) is 76.1 Å². The maximum absolute atomic E-state index is 16.7. The number of anilines is 1. The molecule has 0 radical (unpaired) electrons. The largest absolute Gasteiger partial charge is 0.473 e. The third-order valence-corrected chi connectivity index (χ3v) is 12.9. The molecule has 3 fully saturated rings. The molecule has 0 aliphatic carbocycles. The first kappa shape index (κ1) is 40.6. The molecule has 312 valence electrons. The van der Waals surface area contributed by atoms with Crippen molar-refractivity contribution in [1.82, 2.24) is 24.6 Å². The van der Waals surface area contributed by atoms with Gasteiger partial charge in [-0.05, 0) is 120 Å². The van der Waals surface area contributed by atoms with Crippen molar-refractivity contribution in [2.24, 2.45) is 18.4 Å². The fourth-order valence-electron chi connectivity index (χ4n) is 9.33. The maximum atomic E-state index is 16.7. The van der Waals surface area contributed by atoms with Crippen molar-refractivity contribution in [2.75, 3.05) is 44.2 Å². The Kier molecular flexibility index (Phi) is 11.8. The first-order valence-corrected chi connectivity index (χ1v) is 21.4. The minimum atomic E-state index is -0.467. The number of halogens is 1. The van der Waals surface area contributed by atoms with Gasteiger partial charge >= 0.3 is 6.09 Å². The van der Waals surface area contributed by atoms with Gasteiger partial charge in [-0.15, -0.1) is 0 Å². The predicted molar refractivity (Wildman–Crippen MR) is 230 cm³/mol. The molecule has 1 atom stereocenters. The molecular formula is C48H59FN6O4. The van der Waals surface area contributed by atoms with Crippen molar-refractivity contribution >= 4 is 22.7 Å². The number of fused-ring (bicyclic) bond motifs is 1. The highest BCUT2D eigenvalue weighted by atomic mass is 19.1. The molecule has 59 heavy (non-hydrogen) atoms. The monoisotopic (exact) mass is 802 g/mol. The second kappa shape index (κ2) is 17.2. The summed E-state index contributed by atoms with van der Waals surface area (Å²) >= 11 is 0. The molecule has 5 heterocycles. The van der Waals surface area contributed by atoms with Gasteiger partial charge in [0.25, 0.3) is 0 Å². The molecular weight excluding hydrogens is 744 g/mol. The van der Waals surface area contributed by atoms with Gasteiger partial charge in [-0.2, -0.15) is 10.1 Å². The quantitative estimate of drug-likeness (QED) is 0.138. The average molecular weight is 803 g/mol. The van der Waals surface area contributed by atoms with E-state index in [4.69, 9.17) is 24.3 Å². The van der Waals surface area contributed by atoms with Crippen LogP contribution in [0.5, 0.6) is 11.8 Å². The van der Waals surface area contributed by atoms with Crippen LogP contribution in [0.1, 0.15) is 77.3 Å². The fourth-order valence-corrected chi connectivity index (χ4v) is 9.33. The molecule has 11 heteroatoms.